The number of carbonyl (C=O) groups excluding carboxylic acids is 1. The zero-order chi connectivity index (χ0) is 15.7. The normalized spacial score (nSPS) is 10.9. The zero-order valence-electron chi connectivity index (χ0n) is 11.6. The minimum atomic E-state index is -0.620. The standard InChI is InChI=1S/C15H11ClFN3O2/c1-9-13(14-18-6-3-7-20(14)19-9)15(21)22-8-10-11(16)4-2-5-12(10)17/h2-7H,8H2,1H3. The molecule has 0 N–H and O–H groups in total. The van der Waals surface area contributed by atoms with Gasteiger partial charge < -0.3 is 4.74 Å². The van der Waals surface area contributed by atoms with Gasteiger partial charge in [0.05, 0.1) is 10.7 Å². The third-order valence-corrected chi connectivity index (χ3v) is 3.54. The lowest BCUT2D eigenvalue weighted by atomic mass is 10.2. The maximum absolute atomic E-state index is 13.7. The number of halogens is 2. The highest BCUT2D eigenvalue weighted by molar-refractivity contribution is 6.31. The van der Waals surface area contributed by atoms with Gasteiger partial charge in [-0.15, -0.1) is 0 Å². The minimum Gasteiger partial charge on any atom is -0.457 e. The Labute approximate surface area is 130 Å². The summed E-state index contributed by atoms with van der Waals surface area (Å²) in [6.07, 6.45) is 3.24. The predicted molar refractivity (Wildman–Crippen MR) is 78.3 cm³/mol. The number of benzene rings is 1. The van der Waals surface area contributed by atoms with Crippen LogP contribution in [0.1, 0.15) is 21.6 Å². The van der Waals surface area contributed by atoms with E-state index in [9.17, 15) is 9.18 Å². The Hall–Kier alpha value is -2.47. The van der Waals surface area contributed by atoms with Gasteiger partial charge >= 0.3 is 5.97 Å². The second-order valence-corrected chi connectivity index (χ2v) is 5.03. The van der Waals surface area contributed by atoms with Gasteiger partial charge in [-0.1, -0.05) is 17.7 Å². The summed E-state index contributed by atoms with van der Waals surface area (Å²) in [4.78, 5) is 16.4. The maximum Gasteiger partial charge on any atom is 0.344 e. The molecule has 2 heterocycles. The Morgan fingerprint density at radius 3 is 3.00 bits per heavy atom. The average molecular weight is 320 g/mol. The molecule has 112 valence electrons. The molecule has 2 aromatic heterocycles. The van der Waals surface area contributed by atoms with E-state index in [0.717, 1.165) is 0 Å². The molecule has 3 aromatic rings. The van der Waals surface area contributed by atoms with E-state index < -0.39 is 11.8 Å². The molecule has 0 unspecified atom stereocenters. The first kappa shape index (κ1) is 14.5. The topological polar surface area (TPSA) is 56.5 Å². The summed E-state index contributed by atoms with van der Waals surface area (Å²) in [5.41, 5.74) is 1.28. The highest BCUT2D eigenvalue weighted by Gasteiger charge is 2.20. The maximum atomic E-state index is 13.7. The van der Waals surface area contributed by atoms with Crippen LogP contribution < -0.4 is 0 Å². The second-order valence-electron chi connectivity index (χ2n) is 4.62. The Kier molecular flexibility index (Phi) is 3.77. The molecule has 0 saturated heterocycles. The molecule has 22 heavy (non-hydrogen) atoms. The zero-order valence-corrected chi connectivity index (χ0v) is 12.3. The molecule has 0 amide bonds. The van der Waals surface area contributed by atoms with Gasteiger partial charge in [-0.2, -0.15) is 5.10 Å². The number of esters is 1. The molecular formula is C15H11ClFN3O2. The fourth-order valence-electron chi connectivity index (χ4n) is 2.12. The molecule has 1 aromatic carbocycles. The van der Waals surface area contributed by atoms with Gasteiger partial charge in [0.2, 0.25) is 0 Å². The number of nitrogens with zero attached hydrogens (tertiary/aromatic N) is 3. The quantitative estimate of drug-likeness (QED) is 0.696. The molecule has 7 heteroatoms. The minimum absolute atomic E-state index is 0.139. The highest BCUT2D eigenvalue weighted by atomic mass is 35.5. The van der Waals surface area contributed by atoms with E-state index >= 15 is 0 Å². The van der Waals surface area contributed by atoms with Crippen molar-refractivity contribution in [2.45, 2.75) is 13.5 Å². The summed E-state index contributed by atoms with van der Waals surface area (Å²) in [5, 5.41) is 4.39. The first-order chi connectivity index (χ1) is 10.6. The van der Waals surface area contributed by atoms with Crippen LogP contribution in [0.25, 0.3) is 5.65 Å². The molecule has 0 aliphatic heterocycles. The Balaban J connectivity index is 1.87. The lowest BCUT2D eigenvalue weighted by molar-refractivity contribution is 0.0470. The molecule has 0 radical (unpaired) electrons. The van der Waals surface area contributed by atoms with Crippen molar-refractivity contribution in [2.75, 3.05) is 0 Å². The van der Waals surface area contributed by atoms with E-state index in [4.69, 9.17) is 16.3 Å². The number of rotatable bonds is 3. The molecule has 0 atom stereocenters. The van der Waals surface area contributed by atoms with Gasteiger partial charge in [-0.05, 0) is 25.1 Å². The van der Waals surface area contributed by atoms with E-state index in [1.54, 1.807) is 25.4 Å². The summed E-state index contributed by atoms with van der Waals surface area (Å²) in [5.74, 6) is -1.14. The molecule has 0 aliphatic carbocycles. The number of aromatic nitrogens is 3. The van der Waals surface area contributed by atoms with E-state index in [-0.39, 0.29) is 22.8 Å². The van der Waals surface area contributed by atoms with E-state index in [2.05, 4.69) is 10.1 Å². The predicted octanol–water partition coefficient (Wildman–Crippen LogP) is 3.19. The summed E-state index contributed by atoms with van der Waals surface area (Å²) in [6.45, 7) is 1.43. The van der Waals surface area contributed by atoms with Gasteiger partial charge in [0.15, 0.2) is 5.65 Å². The number of aryl methyl sites for hydroxylation is 1. The largest absolute Gasteiger partial charge is 0.457 e. The Morgan fingerprint density at radius 2 is 2.23 bits per heavy atom. The van der Waals surface area contributed by atoms with Crippen LogP contribution in [-0.2, 0) is 11.3 Å². The van der Waals surface area contributed by atoms with Crippen molar-refractivity contribution < 1.29 is 13.9 Å². The summed E-state index contributed by atoms with van der Waals surface area (Å²) in [7, 11) is 0. The molecule has 0 fully saturated rings. The van der Waals surface area contributed by atoms with Gasteiger partial charge in [-0.25, -0.2) is 18.7 Å². The molecule has 0 aliphatic rings. The lowest BCUT2D eigenvalue weighted by Crippen LogP contribution is -2.08. The smallest absolute Gasteiger partial charge is 0.344 e. The fraction of sp³-hybridized carbons (Fsp3) is 0.133. The van der Waals surface area contributed by atoms with E-state index in [0.29, 0.717) is 11.3 Å². The molecule has 0 bridgehead atoms. The molecular weight excluding hydrogens is 309 g/mol. The molecule has 0 saturated carbocycles. The van der Waals surface area contributed by atoms with Crippen molar-refractivity contribution in [1.82, 2.24) is 14.6 Å². The Morgan fingerprint density at radius 1 is 1.41 bits per heavy atom. The first-order valence-corrected chi connectivity index (χ1v) is 6.85. The average Bonchev–Trinajstić information content (AvgIpc) is 2.82. The third kappa shape index (κ3) is 2.53. The van der Waals surface area contributed by atoms with Gasteiger partial charge in [0.1, 0.15) is 18.0 Å². The summed E-state index contributed by atoms with van der Waals surface area (Å²) >= 11 is 5.90. The fourth-order valence-corrected chi connectivity index (χ4v) is 2.33. The van der Waals surface area contributed by atoms with Crippen molar-refractivity contribution >= 4 is 23.2 Å². The van der Waals surface area contributed by atoms with Crippen molar-refractivity contribution in [1.29, 1.82) is 0 Å². The van der Waals surface area contributed by atoms with Crippen LogP contribution in [0.2, 0.25) is 5.02 Å². The van der Waals surface area contributed by atoms with Crippen LogP contribution in [0.5, 0.6) is 0 Å². The molecule has 3 rings (SSSR count). The van der Waals surface area contributed by atoms with E-state index in [1.807, 2.05) is 0 Å². The van der Waals surface area contributed by atoms with Gasteiger partial charge in [0, 0.05) is 18.0 Å². The lowest BCUT2D eigenvalue weighted by Gasteiger charge is -2.07. The molecule has 0 spiro atoms. The second kappa shape index (κ2) is 5.73. The van der Waals surface area contributed by atoms with Crippen LogP contribution in [0.15, 0.2) is 36.7 Å². The van der Waals surface area contributed by atoms with Crippen LogP contribution in [0.4, 0.5) is 4.39 Å². The molecule has 5 nitrogen and oxygen atoms in total. The number of hydrogen-bond acceptors (Lipinski definition) is 4. The van der Waals surface area contributed by atoms with Crippen LogP contribution in [-0.4, -0.2) is 20.6 Å². The van der Waals surface area contributed by atoms with E-state index in [1.165, 1.54) is 22.7 Å². The van der Waals surface area contributed by atoms with Crippen molar-refractivity contribution in [3.05, 3.63) is 64.3 Å². The number of carbonyl (C=O) groups is 1. The van der Waals surface area contributed by atoms with Gasteiger partial charge in [-0.3, -0.25) is 0 Å². The van der Waals surface area contributed by atoms with Crippen molar-refractivity contribution in [3.63, 3.8) is 0 Å². The van der Waals surface area contributed by atoms with Crippen molar-refractivity contribution in [3.8, 4) is 0 Å². The third-order valence-electron chi connectivity index (χ3n) is 3.18. The van der Waals surface area contributed by atoms with Crippen LogP contribution >= 0.6 is 11.6 Å². The number of ether oxygens (including phenoxy) is 1. The summed E-state index contributed by atoms with van der Waals surface area (Å²) < 4.78 is 20.3. The number of hydrogen-bond donors (Lipinski definition) is 0. The van der Waals surface area contributed by atoms with Gasteiger partial charge in [0.25, 0.3) is 0 Å². The highest BCUT2D eigenvalue weighted by Crippen LogP contribution is 2.21. The summed E-state index contributed by atoms with van der Waals surface area (Å²) in [6, 6.07) is 5.99. The van der Waals surface area contributed by atoms with Crippen molar-refractivity contribution in [2.24, 2.45) is 0 Å². The first-order valence-electron chi connectivity index (χ1n) is 6.48. The Bertz CT molecular complexity index is 843. The number of fused-ring (bicyclic) bond motifs is 1. The van der Waals surface area contributed by atoms with Crippen LogP contribution in [0.3, 0.4) is 0 Å². The SMILES string of the molecule is Cc1nn2cccnc2c1C(=O)OCc1c(F)cccc1Cl. The van der Waals surface area contributed by atoms with Crippen LogP contribution in [0, 0.1) is 12.7 Å². The monoisotopic (exact) mass is 319 g/mol.